The first-order valence-corrected chi connectivity index (χ1v) is 10.9. The van der Waals surface area contributed by atoms with E-state index in [2.05, 4.69) is 13.8 Å². The Morgan fingerprint density at radius 3 is 2.00 bits per heavy atom. The average Bonchev–Trinajstić information content (AvgIpc) is 2.58. The van der Waals surface area contributed by atoms with Gasteiger partial charge in [-0.15, -0.1) is 0 Å². The molecule has 132 valence electrons. The normalized spacial score (nSPS) is 12.3. The summed E-state index contributed by atoms with van der Waals surface area (Å²) in [4.78, 5) is 0. The number of hydrogen-bond donors (Lipinski definition) is 0. The molecule has 0 radical (unpaired) electrons. The molecule has 0 amide bonds. The first kappa shape index (κ1) is 20.5. The van der Waals surface area contributed by atoms with Crippen molar-refractivity contribution in [3.63, 3.8) is 0 Å². The van der Waals surface area contributed by atoms with Crippen molar-refractivity contribution in [1.29, 1.82) is 0 Å². The average molecular weight is 338 g/mol. The first-order chi connectivity index (χ1) is 11.4. The van der Waals surface area contributed by atoms with Crippen LogP contribution in [0.1, 0.15) is 78.1 Å². The molecule has 1 aromatic carbocycles. The van der Waals surface area contributed by atoms with Crippen LogP contribution in [0.4, 0.5) is 0 Å². The molecular weight excluding hydrogens is 303 g/mol. The van der Waals surface area contributed by atoms with Gasteiger partial charge in [0.05, 0.1) is 6.61 Å². The molecule has 1 unspecified atom stereocenters. The first-order valence-electron chi connectivity index (χ1n) is 9.50. The maximum atomic E-state index is 6.09. The predicted octanol–water partition coefficient (Wildman–Crippen LogP) is 7.33. The third kappa shape index (κ3) is 11.6. The number of para-hydroxylation sites is 1. The molecule has 0 saturated heterocycles. The van der Waals surface area contributed by atoms with Crippen LogP contribution in [0.15, 0.2) is 30.3 Å². The van der Waals surface area contributed by atoms with Crippen molar-refractivity contribution in [3.05, 3.63) is 30.3 Å². The summed E-state index contributed by atoms with van der Waals surface area (Å²) >= 11 is 0. The van der Waals surface area contributed by atoms with Crippen molar-refractivity contribution in [1.82, 2.24) is 0 Å². The number of unbranched alkanes of at least 4 members (excludes halogenated alkanes) is 8. The van der Waals surface area contributed by atoms with Gasteiger partial charge in [0.2, 0.25) is 8.38 Å². The largest absolute Gasteiger partial charge is 0.447 e. The minimum Gasteiger partial charge on any atom is -0.447 e. The summed E-state index contributed by atoms with van der Waals surface area (Å²) in [6.45, 7) is 5.35. The molecule has 0 aliphatic heterocycles. The van der Waals surface area contributed by atoms with Crippen LogP contribution >= 0.6 is 8.38 Å². The Balaban J connectivity index is 2.26. The highest BCUT2D eigenvalue weighted by Gasteiger charge is 2.12. The Labute approximate surface area is 144 Å². The van der Waals surface area contributed by atoms with Gasteiger partial charge in [0.15, 0.2) is 0 Å². The molecule has 0 saturated carbocycles. The van der Waals surface area contributed by atoms with E-state index in [1.54, 1.807) is 0 Å². The van der Waals surface area contributed by atoms with Crippen LogP contribution < -0.4 is 4.52 Å². The van der Waals surface area contributed by atoms with Gasteiger partial charge in [-0.05, 0) is 25.0 Å². The second-order valence-corrected chi connectivity index (χ2v) is 7.68. The zero-order valence-corrected chi connectivity index (χ0v) is 16.0. The summed E-state index contributed by atoms with van der Waals surface area (Å²) < 4.78 is 12.2. The SMILES string of the molecule is CCCCCCCOP(CCCCCCC)Oc1ccccc1. The maximum absolute atomic E-state index is 6.09. The van der Waals surface area contributed by atoms with Crippen molar-refractivity contribution in [2.75, 3.05) is 12.8 Å². The molecular formula is C20H35O2P. The van der Waals surface area contributed by atoms with E-state index in [0.29, 0.717) is 0 Å². The minimum atomic E-state index is -0.782. The van der Waals surface area contributed by atoms with Crippen LogP contribution in [0.2, 0.25) is 0 Å². The fourth-order valence-corrected chi connectivity index (χ4v) is 3.90. The predicted molar refractivity (Wildman–Crippen MR) is 102 cm³/mol. The van der Waals surface area contributed by atoms with E-state index >= 15 is 0 Å². The van der Waals surface area contributed by atoms with E-state index in [1.165, 1.54) is 57.8 Å². The van der Waals surface area contributed by atoms with Gasteiger partial charge in [-0.2, -0.15) is 0 Å². The molecule has 0 fully saturated rings. The van der Waals surface area contributed by atoms with Crippen LogP contribution in [0, 0.1) is 0 Å². The molecule has 0 spiro atoms. The summed E-state index contributed by atoms with van der Waals surface area (Å²) in [6.07, 6.45) is 13.9. The monoisotopic (exact) mass is 338 g/mol. The van der Waals surface area contributed by atoms with Gasteiger partial charge in [-0.3, -0.25) is 0 Å². The van der Waals surface area contributed by atoms with Gasteiger partial charge in [0.25, 0.3) is 0 Å². The number of benzene rings is 1. The van der Waals surface area contributed by atoms with Gasteiger partial charge in [-0.1, -0.05) is 83.4 Å². The Bertz CT molecular complexity index is 356. The molecule has 0 aliphatic rings. The van der Waals surface area contributed by atoms with E-state index in [9.17, 15) is 0 Å². The molecule has 0 N–H and O–H groups in total. The lowest BCUT2D eigenvalue weighted by Crippen LogP contribution is -2.00. The van der Waals surface area contributed by atoms with Gasteiger partial charge >= 0.3 is 0 Å². The highest BCUT2D eigenvalue weighted by Crippen LogP contribution is 2.40. The van der Waals surface area contributed by atoms with Gasteiger partial charge in [0, 0.05) is 6.16 Å². The molecule has 0 aromatic heterocycles. The van der Waals surface area contributed by atoms with Gasteiger partial charge in [-0.25, -0.2) is 0 Å². The summed E-state index contributed by atoms with van der Waals surface area (Å²) in [6, 6.07) is 10.1. The van der Waals surface area contributed by atoms with Crippen LogP contribution in [0.25, 0.3) is 0 Å². The zero-order valence-electron chi connectivity index (χ0n) is 15.1. The summed E-state index contributed by atoms with van der Waals surface area (Å²) in [5.74, 6) is 0.943. The second kappa shape index (κ2) is 15.0. The molecule has 2 nitrogen and oxygen atoms in total. The standard InChI is InChI=1S/C20H35O2P/c1-3-5-7-9-14-18-21-23(19-15-10-8-6-4-2)22-20-16-12-11-13-17-20/h11-13,16-17H,3-10,14-15,18-19H2,1-2H3. The Hall–Kier alpha value is -0.590. The Morgan fingerprint density at radius 1 is 0.739 bits per heavy atom. The van der Waals surface area contributed by atoms with E-state index in [1.807, 2.05) is 30.3 Å². The molecule has 0 bridgehead atoms. The van der Waals surface area contributed by atoms with Gasteiger partial charge in [0.1, 0.15) is 5.75 Å². The summed E-state index contributed by atoms with van der Waals surface area (Å²) in [5.41, 5.74) is 0. The third-order valence-electron chi connectivity index (χ3n) is 3.88. The summed E-state index contributed by atoms with van der Waals surface area (Å²) in [7, 11) is -0.782. The Kier molecular flexibility index (Phi) is 13.3. The molecule has 1 rings (SSSR count). The molecule has 23 heavy (non-hydrogen) atoms. The quantitative estimate of drug-likeness (QED) is 0.246. The number of hydrogen-bond acceptors (Lipinski definition) is 2. The summed E-state index contributed by atoms with van der Waals surface area (Å²) in [5, 5.41) is 0. The van der Waals surface area contributed by atoms with Crippen LogP contribution in [0.3, 0.4) is 0 Å². The second-order valence-electron chi connectivity index (χ2n) is 6.12. The molecule has 0 aliphatic carbocycles. The van der Waals surface area contributed by atoms with Crippen LogP contribution in [-0.2, 0) is 4.52 Å². The molecule has 1 aromatic rings. The van der Waals surface area contributed by atoms with E-state index < -0.39 is 8.38 Å². The van der Waals surface area contributed by atoms with Crippen LogP contribution in [-0.4, -0.2) is 12.8 Å². The fourth-order valence-electron chi connectivity index (χ4n) is 2.45. The highest BCUT2D eigenvalue weighted by molar-refractivity contribution is 7.47. The van der Waals surface area contributed by atoms with Gasteiger partial charge < -0.3 is 9.05 Å². The molecule has 0 heterocycles. The minimum absolute atomic E-state index is 0.782. The van der Waals surface area contributed by atoms with E-state index in [-0.39, 0.29) is 0 Å². The number of rotatable bonds is 15. The lowest BCUT2D eigenvalue weighted by atomic mass is 10.2. The van der Waals surface area contributed by atoms with Crippen molar-refractivity contribution in [2.45, 2.75) is 78.1 Å². The van der Waals surface area contributed by atoms with Crippen molar-refractivity contribution >= 4 is 8.38 Å². The smallest absolute Gasteiger partial charge is 0.230 e. The maximum Gasteiger partial charge on any atom is 0.230 e. The van der Waals surface area contributed by atoms with Crippen molar-refractivity contribution in [3.8, 4) is 5.75 Å². The molecule has 1 atom stereocenters. The third-order valence-corrected chi connectivity index (χ3v) is 5.44. The Morgan fingerprint density at radius 2 is 1.35 bits per heavy atom. The van der Waals surface area contributed by atoms with Crippen molar-refractivity contribution in [2.24, 2.45) is 0 Å². The zero-order chi connectivity index (χ0) is 16.6. The fraction of sp³-hybridized carbons (Fsp3) is 0.700. The lowest BCUT2D eigenvalue weighted by Gasteiger charge is -2.18. The highest BCUT2D eigenvalue weighted by atomic mass is 31.2. The lowest BCUT2D eigenvalue weighted by molar-refractivity contribution is 0.301. The van der Waals surface area contributed by atoms with E-state index in [0.717, 1.165) is 24.9 Å². The van der Waals surface area contributed by atoms with Crippen LogP contribution in [0.5, 0.6) is 5.75 Å². The van der Waals surface area contributed by atoms with E-state index in [4.69, 9.17) is 9.05 Å². The topological polar surface area (TPSA) is 18.5 Å². The van der Waals surface area contributed by atoms with Crippen molar-refractivity contribution < 1.29 is 9.05 Å². The molecule has 3 heteroatoms.